The van der Waals surface area contributed by atoms with Crippen LogP contribution in [0.25, 0.3) is 11.0 Å². The maximum absolute atomic E-state index is 12.4. The van der Waals surface area contributed by atoms with E-state index in [-0.39, 0.29) is 17.2 Å². The van der Waals surface area contributed by atoms with E-state index in [0.717, 1.165) is 29.9 Å². The van der Waals surface area contributed by atoms with Gasteiger partial charge < -0.3 is 14.8 Å². The third kappa shape index (κ3) is 2.19. The number of likely N-dealkylation sites (N-methyl/N-ethyl adjacent to an activating group) is 1. The van der Waals surface area contributed by atoms with Gasteiger partial charge in [-0.15, -0.1) is 0 Å². The Labute approximate surface area is 135 Å². The largest absolute Gasteiger partial charge is 0.354 e. The number of H-pyrrole nitrogens is 1. The maximum atomic E-state index is 12.4. The van der Waals surface area contributed by atoms with Crippen molar-refractivity contribution in [3.05, 3.63) is 18.6 Å². The molecule has 6 nitrogen and oxygen atoms in total. The van der Waals surface area contributed by atoms with Crippen LogP contribution in [-0.2, 0) is 4.79 Å². The minimum atomic E-state index is 0.0605. The number of fused-ring (bicyclic) bond motifs is 1. The van der Waals surface area contributed by atoms with Gasteiger partial charge in [-0.2, -0.15) is 0 Å². The van der Waals surface area contributed by atoms with Crippen molar-refractivity contribution in [2.24, 2.45) is 11.3 Å². The van der Waals surface area contributed by atoms with Crippen molar-refractivity contribution in [1.82, 2.24) is 19.9 Å². The van der Waals surface area contributed by atoms with Crippen LogP contribution < -0.4 is 4.90 Å². The highest BCUT2D eigenvalue weighted by Gasteiger charge is 2.57. The Morgan fingerprint density at radius 2 is 2.22 bits per heavy atom. The lowest BCUT2D eigenvalue weighted by Gasteiger charge is -2.30. The van der Waals surface area contributed by atoms with Crippen LogP contribution in [0.4, 0.5) is 5.82 Å². The Hall–Kier alpha value is -2.11. The van der Waals surface area contributed by atoms with Gasteiger partial charge in [-0.3, -0.25) is 4.79 Å². The summed E-state index contributed by atoms with van der Waals surface area (Å²) in [4.78, 5) is 28.7. The SMILES string of the molecule is CC(C)C(=O)N1C[C@H](N(C)c2ncnc3[nH]ccc23)C2(CC2)C1. The van der Waals surface area contributed by atoms with Crippen molar-refractivity contribution in [3.63, 3.8) is 0 Å². The summed E-state index contributed by atoms with van der Waals surface area (Å²) in [5.74, 6) is 1.28. The Morgan fingerprint density at radius 3 is 2.91 bits per heavy atom. The Balaban J connectivity index is 1.65. The van der Waals surface area contributed by atoms with Gasteiger partial charge in [0.25, 0.3) is 0 Å². The molecule has 23 heavy (non-hydrogen) atoms. The molecule has 1 saturated heterocycles. The molecule has 1 aliphatic carbocycles. The fourth-order valence-electron chi connectivity index (χ4n) is 3.96. The van der Waals surface area contributed by atoms with Gasteiger partial charge in [0.15, 0.2) is 0 Å². The molecule has 1 N–H and O–H groups in total. The van der Waals surface area contributed by atoms with E-state index >= 15 is 0 Å². The smallest absolute Gasteiger partial charge is 0.225 e. The second-order valence-corrected chi connectivity index (χ2v) is 7.30. The van der Waals surface area contributed by atoms with Gasteiger partial charge in [0, 0.05) is 37.7 Å². The number of aromatic amines is 1. The van der Waals surface area contributed by atoms with Crippen molar-refractivity contribution in [2.45, 2.75) is 32.7 Å². The van der Waals surface area contributed by atoms with Gasteiger partial charge in [0.1, 0.15) is 17.8 Å². The van der Waals surface area contributed by atoms with Crippen molar-refractivity contribution < 1.29 is 4.79 Å². The second kappa shape index (κ2) is 4.94. The maximum Gasteiger partial charge on any atom is 0.225 e. The fourth-order valence-corrected chi connectivity index (χ4v) is 3.96. The number of hydrogen-bond donors (Lipinski definition) is 1. The number of aromatic nitrogens is 3. The number of anilines is 1. The molecule has 2 aromatic heterocycles. The quantitative estimate of drug-likeness (QED) is 0.942. The average molecular weight is 313 g/mol. The third-order valence-electron chi connectivity index (χ3n) is 5.44. The molecule has 0 unspecified atom stereocenters. The van der Waals surface area contributed by atoms with Crippen LogP contribution in [0.5, 0.6) is 0 Å². The molecule has 6 heteroatoms. The monoisotopic (exact) mass is 313 g/mol. The predicted octanol–water partition coefficient (Wildman–Crippen LogP) is 2.04. The Kier molecular flexibility index (Phi) is 3.11. The number of likely N-dealkylation sites (tertiary alicyclic amines) is 1. The van der Waals surface area contributed by atoms with Gasteiger partial charge in [0.2, 0.25) is 5.91 Å². The van der Waals surface area contributed by atoms with Gasteiger partial charge >= 0.3 is 0 Å². The molecule has 0 radical (unpaired) electrons. The molecule has 1 atom stereocenters. The van der Waals surface area contributed by atoms with Gasteiger partial charge in [-0.05, 0) is 18.9 Å². The summed E-state index contributed by atoms with van der Waals surface area (Å²) in [6, 6.07) is 2.35. The summed E-state index contributed by atoms with van der Waals surface area (Å²) in [5, 5.41) is 1.04. The van der Waals surface area contributed by atoms with Crippen molar-refractivity contribution >= 4 is 22.8 Å². The summed E-state index contributed by atoms with van der Waals surface area (Å²) < 4.78 is 0. The van der Waals surface area contributed by atoms with Crippen molar-refractivity contribution in [2.75, 3.05) is 25.0 Å². The van der Waals surface area contributed by atoms with Crippen LogP contribution in [-0.4, -0.2) is 51.9 Å². The molecule has 3 heterocycles. The van der Waals surface area contributed by atoms with Crippen LogP contribution in [0.1, 0.15) is 26.7 Å². The zero-order chi connectivity index (χ0) is 16.2. The number of amides is 1. The molecular formula is C17H23N5O. The minimum absolute atomic E-state index is 0.0605. The van der Waals surface area contributed by atoms with Gasteiger partial charge in [-0.1, -0.05) is 13.8 Å². The van der Waals surface area contributed by atoms with Crippen LogP contribution in [0, 0.1) is 11.3 Å². The minimum Gasteiger partial charge on any atom is -0.354 e. The second-order valence-electron chi connectivity index (χ2n) is 7.30. The van der Waals surface area contributed by atoms with E-state index in [2.05, 4.69) is 26.9 Å². The molecular weight excluding hydrogens is 290 g/mol. The highest BCUT2D eigenvalue weighted by Crippen LogP contribution is 2.55. The van der Waals surface area contributed by atoms with Crippen LogP contribution >= 0.6 is 0 Å². The normalized spacial score (nSPS) is 22.3. The molecule has 1 aliphatic heterocycles. The topological polar surface area (TPSA) is 65.1 Å². The summed E-state index contributed by atoms with van der Waals surface area (Å²) in [7, 11) is 2.10. The third-order valence-corrected chi connectivity index (χ3v) is 5.44. The summed E-state index contributed by atoms with van der Waals surface area (Å²) in [6.45, 7) is 5.64. The first-order valence-electron chi connectivity index (χ1n) is 8.31. The fraction of sp³-hybridized carbons (Fsp3) is 0.588. The molecule has 4 rings (SSSR count). The molecule has 0 aromatic carbocycles. The highest BCUT2D eigenvalue weighted by molar-refractivity contribution is 5.87. The predicted molar refractivity (Wildman–Crippen MR) is 89.2 cm³/mol. The molecule has 2 aliphatic rings. The van der Waals surface area contributed by atoms with Gasteiger partial charge in [0.05, 0.1) is 11.4 Å². The van der Waals surface area contributed by atoms with Gasteiger partial charge in [-0.25, -0.2) is 9.97 Å². The first kappa shape index (κ1) is 14.5. The summed E-state index contributed by atoms with van der Waals surface area (Å²) in [6.07, 6.45) is 5.90. The lowest BCUT2D eigenvalue weighted by Crippen LogP contribution is -2.40. The van der Waals surface area contributed by atoms with Crippen LogP contribution in [0.3, 0.4) is 0 Å². The zero-order valence-corrected chi connectivity index (χ0v) is 13.9. The van der Waals surface area contributed by atoms with E-state index in [1.165, 1.54) is 12.8 Å². The summed E-state index contributed by atoms with van der Waals surface area (Å²) >= 11 is 0. The number of nitrogens with one attached hydrogen (secondary N) is 1. The van der Waals surface area contributed by atoms with E-state index in [0.29, 0.717) is 6.04 Å². The van der Waals surface area contributed by atoms with Crippen molar-refractivity contribution in [3.8, 4) is 0 Å². The standard InChI is InChI=1S/C17H23N5O/c1-11(2)16(23)22-8-13(17(9-22)5-6-17)21(3)15-12-4-7-18-14(12)19-10-20-15/h4,7,10-11,13H,5-6,8-9H2,1-3H3,(H,18,19,20)/t13-/m0/s1. The van der Waals surface area contributed by atoms with E-state index in [1.54, 1.807) is 6.33 Å². The van der Waals surface area contributed by atoms with Crippen molar-refractivity contribution in [1.29, 1.82) is 0 Å². The molecule has 1 amide bonds. The molecule has 2 aromatic rings. The van der Waals surface area contributed by atoms with E-state index in [1.807, 2.05) is 31.0 Å². The van der Waals surface area contributed by atoms with Crippen LogP contribution in [0.2, 0.25) is 0 Å². The summed E-state index contributed by atoms with van der Waals surface area (Å²) in [5.41, 5.74) is 1.12. The van der Waals surface area contributed by atoms with E-state index in [9.17, 15) is 4.79 Å². The number of nitrogens with zero attached hydrogens (tertiary/aromatic N) is 4. The Bertz CT molecular complexity index is 748. The zero-order valence-electron chi connectivity index (χ0n) is 13.9. The molecule has 2 fully saturated rings. The van der Waals surface area contributed by atoms with Crippen LogP contribution in [0.15, 0.2) is 18.6 Å². The lowest BCUT2D eigenvalue weighted by atomic mass is 9.99. The average Bonchev–Trinajstić information content (AvgIpc) is 2.98. The first-order valence-corrected chi connectivity index (χ1v) is 8.31. The number of rotatable bonds is 3. The molecule has 1 spiro atoms. The number of carbonyl (C=O) groups excluding carboxylic acids is 1. The number of carbonyl (C=O) groups is 1. The first-order chi connectivity index (χ1) is 11.0. The molecule has 0 bridgehead atoms. The lowest BCUT2D eigenvalue weighted by molar-refractivity contribution is -0.133. The highest BCUT2D eigenvalue weighted by atomic mass is 16.2. The van der Waals surface area contributed by atoms with E-state index in [4.69, 9.17) is 0 Å². The molecule has 122 valence electrons. The number of hydrogen-bond acceptors (Lipinski definition) is 4. The van der Waals surface area contributed by atoms with E-state index < -0.39 is 0 Å². The Morgan fingerprint density at radius 1 is 1.43 bits per heavy atom. The molecule has 1 saturated carbocycles.